The molecule has 0 N–H and O–H groups in total. The predicted octanol–water partition coefficient (Wildman–Crippen LogP) is 5.57. The number of hydrogen-bond donors (Lipinski definition) is 0. The summed E-state index contributed by atoms with van der Waals surface area (Å²) in [5, 5.41) is 6.83. The fourth-order valence-electron chi connectivity index (χ4n) is 3.25. The predicted molar refractivity (Wildman–Crippen MR) is 105 cm³/mol. The van der Waals surface area contributed by atoms with Gasteiger partial charge in [-0.25, -0.2) is 0 Å². The Morgan fingerprint density at radius 2 is 1.62 bits per heavy atom. The van der Waals surface area contributed by atoms with Crippen molar-refractivity contribution < 1.29 is 26.4 Å². The highest BCUT2D eigenvalue weighted by molar-refractivity contribution is 5.65. The summed E-state index contributed by atoms with van der Waals surface area (Å²) in [4.78, 5) is 12.5. The zero-order chi connectivity index (χ0) is 22.9. The first-order chi connectivity index (χ1) is 15.2. The van der Waals surface area contributed by atoms with E-state index in [1.165, 1.54) is 53.1 Å². The summed E-state index contributed by atoms with van der Waals surface area (Å²) in [6, 6.07) is 15.4. The second-order valence-corrected chi connectivity index (χ2v) is 6.82. The molecule has 5 nitrogen and oxygen atoms in total. The molecule has 0 saturated heterocycles. The second kappa shape index (κ2) is 8.37. The maximum absolute atomic E-state index is 13.5. The van der Waals surface area contributed by atoms with Crippen molar-refractivity contribution in [3.05, 3.63) is 94.1 Å². The third-order valence-corrected chi connectivity index (χ3v) is 4.73. The van der Waals surface area contributed by atoms with E-state index in [2.05, 4.69) is 10.2 Å². The second-order valence-electron chi connectivity index (χ2n) is 6.82. The fraction of sp³-hybridized carbons (Fsp3) is 0.136. The minimum atomic E-state index is -4.59. The zero-order valence-corrected chi connectivity index (χ0v) is 16.2. The van der Waals surface area contributed by atoms with E-state index in [1.807, 2.05) is 0 Å². The first kappa shape index (κ1) is 21.4. The summed E-state index contributed by atoms with van der Waals surface area (Å²) in [6.07, 6.45) is -7.48. The Labute approximate surface area is 177 Å². The molecular formula is C22H14F5N3O2. The van der Waals surface area contributed by atoms with Crippen LogP contribution in [0.15, 0.2) is 75.9 Å². The lowest BCUT2D eigenvalue weighted by molar-refractivity contribution is -0.137. The molecule has 0 spiro atoms. The van der Waals surface area contributed by atoms with E-state index in [1.54, 1.807) is 12.1 Å². The SMILES string of the molecule is O=c1cccc(-c2ccccc2C(F)(F)F)n1Cc1ccc(-c2nnc(C(F)F)o2)cc1. The molecule has 0 saturated carbocycles. The van der Waals surface area contributed by atoms with Crippen LogP contribution >= 0.6 is 0 Å². The molecule has 0 fully saturated rings. The van der Waals surface area contributed by atoms with E-state index in [-0.39, 0.29) is 23.7 Å². The van der Waals surface area contributed by atoms with Crippen LogP contribution in [0, 0.1) is 0 Å². The molecule has 0 atom stereocenters. The van der Waals surface area contributed by atoms with Crippen molar-refractivity contribution in [1.29, 1.82) is 0 Å². The summed E-state index contributed by atoms with van der Waals surface area (Å²) in [6.45, 7) is -0.00635. The molecule has 10 heteroatoms. The molecule has 2 aromatic heterocycles. The molecule has 0 bridgehead atoms. The number of rotatable bonds is 5. The van der Waals surface area contributed by atoms with Gasteiger partial charge >= 0.3 is 12.6 Å². The van der Waals surface area contributed by atoms with E-state index >= 15 is 0 Å². The molecule has 164 valence electrons. The third kappa shape index (κ3) is 4.29. The Balaban J connectivity index is 1.69. The van der Waals surface area contributed by atoms with Gasteiger partial charge in [0.05, 0.1) is 17.8 Å². The average molecular weight is 447 g/mol. The quantitative estimate of drug-likeness (QED) is 0.376. The number of halogens is 5. The van der Waals surface area contributed by atoms with Crippen molar-refractivity contribution in [2.45, 2.75) is 19.1 Å². The van der Waals surface area contributed by atoms with E-state index < -0.39 is 29.6 Å². The molecule has 0 unspecified atom stereocenters. The van der Waals surface area contributed by atoms with Crippen LogP contribution in [0.3, 0.4) is 0 Å². The van der Waals surface area contributed by atoms with Gasteiger partial charge in [0.1, 0.15) is 0 Å². The molecule has 0 aliphatic carbocycles. The molecule has 4 aromatic rings. The van der Waals surface area contributed by atoms with Crippen molar-refractivity contribution in [2.24, 2.45) is 0 Å². The average Bonchev–Trinajstić information content (AvgIpc) is 3.26. The van der Waals surface area contributed by atoms with Crippen molar-refractivity contribution in [3.8, 4) is 22.7 Å². The fourth-order valence-corrected chi connectivity index (χ4v) is 3.25. The van der Waals surface area contributed by atoms with E-state index in [0.717, 1.165) is 6.07 Å². The van der Waals surface area contributed by atoms with Crippen LogP contribution in [0.25, 0.3) is 22.7 Å². The van der Waals surface area contributed by atoms with Crippen LogP contribution in [0.1, 0.15) is 23.4 Å². The Morgan fingerprint density at radius 1 is 0.906 bits per heavy atom. The van der Waals surface area contributed by atoms with Gasteiger partial charge in [-0.05, 0) is 29.8 Å². The molecule has 2 aromatic carbocycles. The standard InChI is InChI=1S/C22H14F5N3O2/c23-19(24)21-29-28-20(32-21)14-10-8-13(9-11-14)12-30-17(6-3-7-18(30)31)15-4-1-2-5-16(15)22(25,26)27/h1-11,19H,12H2. The van der Waals surface area contributed by atoms with Gasteiger partial charge in [-0.1, -0.05) is 36.4 Å². The number of hydrogen-bond acceptors (Lipinski definition) is 4. The molecule has 2 heterocycles. The molecule has 4 rings (SSSR count). The van der Waals surface area contributed by atoms with Gasteiger partial charge in [-0.3, -0.25) is 4.79 Å². The number of aromatic nitrogens is 3. The first-order valence-corrected chi connectivity index (χ1v) is 9.31. The summed E-state index contributed by atoms with van der Waals surface area (Å²) in [5.74, 6) is -0.892. The van der Waals surface area contributed by atoms with Gasteiger partial charge in [0, 0.05) is 17.2 Å². The van der Waals surface area contributed by atoms with Crippen molar-refractivity contribution in [1.82, 2.24) is 14.8 Å². The molecular weight excluding hydrogens is 433 g/mol. The summed E-state index contributed by atoms with van der Waals surface area (Å²) in [5.41, 5.74) is -0.326. The van der Waals surface area contributed by atoms with Gasteiger partial charge < -0.3 is 8.98 Å². The Hall–Kier alpha value is -3.82. The van der Waals surface area contributed by atoms with Crippen molar-refractivity contribution >= 4 is 0 Å². The van der Waals surface area contributed by atoms with Crippen LogP contribution in [0.2, 0.25) is 0 Å². The van der Waals surface area contributed by atoms with Gasteiger partial charge in [-0.2, -0.15) is 22.0 Å². The highest BCUT2D eigenvalue weighted by atomic mass is 19.4. The van der Waals surface area contributed by atoms with Gasteiger partial charge in [0.2, 0.25) is 5.89 Å². The number of pyridine rings is 1. The molecule has 0 aliphatic heterocycles. The smallest absolute Gasteiger partial charge is 0.415 e. The third-order valence-electron chi connectivity index (χ3n) is 4.73. The zero-order valence-electron chi connectivity index (χ0n) is 16.2. The van der Waals surface area contributed by atoms with Gasteiger partial charge in [0.15, 0.2) is 0 Å². The van der Waals surface area contributed by atoms with Crippen LogP contribution in [0.5, 0.6) is 0 Å². The molecule has 0 radical (unpaired) electrons. The lowest BCUT2D eigenvalue weighted by atomic mass is 10.0. The summed E-state index contributed by atoms with van der Waals surface area (Å²) >= 11 is 0. The Bertz CT molecular complexity index is 1290. The number of benzene rings is 2. The Kier molecular flexibility index (Phi) is 5.60. The highest BCUT2D eigenvalue weighted by Gasteiger charge is 2.34. The highest BCUT2D eigenvalue weighted by Crippen LogP contribution is 2.36. The van der Waals surface area contributed by atoms with Crippen LogP contribution in [-0.2, 0) is 12.7 Å². The molecule has 0 amide bonds. The van der Waals surface area contributed by atoms with Crippen LogP contribution in [0.4, 0.5) is 22.0 Å². The minimum absolute atomic E-state index is 0.00635. The van der Waals surface area contributed by atoms with E-state index in [0.29, 0.717) is 11.1 Å². The monoisotopic (exact) mass is 447 g/mol. The lowest BCUT2D eigenvalue weighted by Gasteiger charge is -2.17. The van der Waals surface area contributed by atoms with E-state index in [4.69, 9.17) is 4.42 Å². The van der Waals surface area contributed by atoms with E-state index in [9.17, 15) is 26.7 Å². The van der Waals surface area contributed by atoms with Gasteiger partial charge in [-0.15, -0.1) is 10.2 Å². The van der Waals surface area contributed by atoms with Crippen molar-refractivity contribution in [2.75, 3.05) is 0 Å². The van der Waals surface area contributed by atoms with Crippen LogP contribution in [-0.4, -0.2) is 14.8 Å². The molecule has 32 heavy (non-hydrogen) atoms. The normalized spacial score (nSPS) is 11.8. The van der Waals surface area contributed by atoms with Gasteiger partial charge in [0.25, 0.3) is 11.4 Å². The largest absolute Gasteiger partial charge is 0.417 e. The number of alkyl halides is 5. The summed E-state index contributed by atoms with van der Waals surface area (Å²) < 4.78 is 71.9. The molecule has 0 aliphatic rings. The maximum atomic E-state index is 13.5. The minimum Gasteiger partial charge on any atom is -0.415 e. The topological polar surface area (TPSA) is 60.9 Å². The maximum Gasteiger partial charge on any atom is 0.417 e. The summed E-state index contributed by atoms with van der Waals surface area (Å²) in [7, 11) is 0. The van der Waals surface area contributed by atoms with Crippen molar-refractivity contribution in [3.63, 3.8) is 0 Å². The Morgan fingerprint density at radius 3 is 2.28 bits per heavy atom. The number of nitrogens with zero attached hydrogens (tertiary/aromatic N) is 3. The first-order valence-electron chi connectivity index (χ1n) is 9.31. The lowest BCUT2D eigenvalue weighted by Crippen LogP contribution is -2.22. The van der Waals surface area contributed by atoms with Crippen LogP contribution < -0.4 is 5.56 Å².